The van der Waals surface area contributed by atoms with E-state index in [-0.39, 0.29) is 6.10 Å². The summed E-state index contributed by atoms with van der Waals surface area (Å²) in [6, 6.07) is 9.99. The van der Waals surface area contributed by atoms with E-state index in [1.807, 2.05) is 30.3 Å². The molecule has 1 aromatic carbocycles. The molecule has 0 aromatic heterocycles. The van der Waals surface area contributed by atoms with Crippen molar-refractivity contribution in [2.24, 2.45) is 0 Å². The normalized spacial score (nSPS) is 14.1. The van der Waals surface area contributed by atoms with Crippen LogP contribution in [0.4, 0.5) is 0 Å². The lowest BCUT2D eigenvalue weighted by Crippen LogP contribution is -2.26. The first-order chi connectivity index (χ1) is 8.77. The van der Waals surface area contributed by atoms with Gasteiger partial charge < -0.3 is 9.84 Å². The Morgan fingerprint density at radius 2 is 2.00 bits per heavy atom. The van der Waals surface area contributed by atoms with Gasteiger partial charge in [0.25, 0.3) is 0 Å². The Balaban J connectivity index is 2.34. The van der Waals surface area contributed by atoms with Gasteiger partial charge in [-0.2, -0.15) is 0 Å². The van der Waals surface area contributed by atoms with Crippen molar-refractivity contribution >= 4 is 0 Å². The second-order valence-electron chi connectivity index (χ2n) is 4.56. The van der Waals surface area contributed by atoms with Gasteiger partial charge in [0.15, 0.2) is 0 Å². The molecular weight excluding hydrogens is 224 g/mol. The van der Waals surface area contributed by atoms with Gasteiger partial charge in [-0.15, -0.1) is 6.58 Å². The summed E-state index contributed by atoms with van der Waals surface area (Å²) in [5.41, 5.74) is 1.12. The fourth-order valence-corrected chi connectivity index (χ4v) is 1.87. The van der Waals surface area contributed by atoms with Crippen molar-refractivity contribution < 1.29 is 9.84 Å². The van der Waals surface area contributed by atoms with Crippen LogP contribution in [0.5, 0.6) is 0 Å². The smallest absolute Gasteiger partial charge is 0.102 e. The number of aliphatic hydroxyl groups is 1. The first-order valence-electron chi connectivity index (χ1n) is 6.74. The molecule has 0 aliphatic carbocycles. The van der Waals surface area contributed by atoms with Crippen molar-refractivity contribution in [1.29, 1.82) is 0 Å². The van der Waals surface area contributed by atoms with Gasteiger partial charge >= 0.3 is 0 Å². The minimum atomic E-state index is -0.447. The molecule has 1 rings (SSSR count). The minimum Gasteiger partial charge on any atom is -0.390 e. The number of unbranched alkanes of at least 4 members (excludes halogenated alkanes) is 2. The average Bonchev–Trinajstić information content (AvgIpc) is 2.41. The van der Waals surface area contributed by atoms with E-state index >= 15 is 0 Å². The zero-order valence-corrected chi connectivity index (χ0v) is 11.2. The second-order valence-corrected chi connectivity index (χ2v) is 4.56. The molecule has 0 bridgehead atoms. The minimum absolute atomic E-state index is 0.276. The van der Waals surface area contributed by atoms with E-state index < -0.39 is 6.10 Å². The molecule has 2 heteroatoms. The molecule has 18 heavy (non-hydrogen) atoms. The zero-order chi connectivity index (χ0) is 13.2. The Kier molecular flexibility index (Phi) is 7.38. The van der Waals surface area contributed by atoms with E-state index in [9.17, 15) is 5.11 Å². The standard InChI is InChI=1S/C16H24O2/c1-3-5-7-12-15(17)16(4-2)18-13-14-10-8-6-9-11-14/h4,6,8-11,15-17H,2-3,5,7,12-13H2,1H3/t15-,16+/m0/s1. The van der Waals surface area contributed by atoms with Crippen molar-refractivity contribution in [3.63, 3.8) is 0 Å². The number of hydrogen-bond acceptors (Lipinski definition) is 2. The van der Waals surface area contributed by atoms with Gasteiger partial charge in [-0.25, -0.2) is 0 Å². The topological polar surface area (TPSA) is 29.5 Å². The molecule has 0 spiro atoms. The van der Waals surface area contributed by atoms with Gasteiger partial charge in [0.1, 0.15) is 6.10 Å². The second kappa shape index (κ2) is 8.90. The third kappa shape index (κ3) is 5.48. The molecule has 0 saturated heterocycles. The molecule has 0 heterocycles. The number of aliphatic hydroxyl groups excluding tert-OH is 1. The first-order valence-corrected chi connectivity index (χ1v) is 6.74. The quantitative estimate of drug-likeness (QED) is 0.533. The van der Waals surface area contributed by atoms with E-state index in [0.29, 0.717) is 6.61 Å². The van der Waals surface area contributed by atoms with Gasteiger partial charge in [0, 0.05) is 0 Å². The summed E-state index contributed by atoms with van der Waals surface area (Å²) in [7, 11) is 0. The van der Waals surface area contributed by atoms with E-state index in [4.69, 9.17) is 4.74 Å². The Hall–Kier alpha value is -1.12. The van der Waals surface area contributed by atoms with Crippen molar-refractivity contribution in [2.75, 3.05) is 0 Å². The highest BCUT2D eigenvalue weighted by Gasteiger charge is 2.15. The van der Waals surface area contributed by atoms with Crippen LogP contribution in [0.25, 0.3) is 0 Å². The van der Waals surface area contributed by atoms with Crippen molar-refractivity contribution in [2.45, 2.75) is 51.4 Å². The fourth-order valence-electron chi connectivity index (χ4n) is 1.87. The SMILES string of the molecule is C=C[C@@H](OCc1ccccc1)[C@@H](O)CCCCC. The van der Waals surface area contributed by atoms with Gasteiger partial charge in [-0.05, 0) is 12.0 Å². The lowest BCUT2D eigenvalue weighted by Gasteiger charge is -2.20. The molecular formula is C16H24O2. The average molecular weight is 248 g/mol. The molecule has 100 valence electrons. The van der Waals surface area contributed by atoms with Crippen LogP contribution in [0.15, 0.2) is 43.0 Å². The Bertz CT molecular complexity index is 321. The van der Waals surface area contributed by atoms with Crippen LogP contribution in [0.2, 0.25) is 0 Å². The summed E-state index contributed by atoms with van der Waals surface area (Å²) in [4.78, 5) is 0. The highest BCUT2D eigenvalue weighted by atomic mass is 16.5. The monoisotopic (exact) mass is 248 g/mol. The van der Waals surface area contributed by atoms with Gasteiger partial charge in [0.05, 0.1) is 12.7 Å². The first kappa shape index (κ1) is 14.9. The molecule has 0 fully saturated rings. The van der Waals surface area contributed by atoms with E-state index in [1.165, 1.54) is 0 Å². The lowest BCUT2D eigenvalue weighted by atomic mass is 10.1. The van der Waals surface area contributed by atoms with E-state index in [1.54, 1.807) is 6.08 Å². The Morgan fingerprint density at radius 3 is 2.61 bits per heavy atom. The third-order valence-electron chi connectivity index (χ3n) is 3.00. The summed E-state index contributed by atoms with van der Waals surface area (Å²) in [6.45, 7) is 6.41. The van der Waals surface area contributed by atoms with Crippen LogP contribution in [0.3, 0.4) is 0 Å². The molecule has 0 radical (unpaired) electrons. The van der Waals surface area contributed by atoms with Crippen LogP contribution >= 0.6 is 0 Å². The molecule has 0 saturated carbocycles. The Labute approximate surface area is 110 Å². The molecule has 0 aliphatic heterocycles. The van der Waals surface area contributed by atoms with E-state index in [2.05, 4.69) is 13.5 Å². The maximum Gasteiger partial charge on any atom is 0.102 e. The molecule has 1 N–H and O–H groups in total. The van der Waals surface area contributed by atoms with Crippen LogP contribution in [-0.2, 0) is 11.3 Å². The number of benzene rings is 1. The summed E-state index contributed by atoms with van der Waals surface area (Å²) in [5.74, 6) is 0. The summed E-state index contributed by atoms with van der Waals surface area (Å²) >= 11 is 0. The highest BCUT2D eigenvalue weighted by Crippen LogP contribution is 2.12. The number of rotatable bonds is 9. The predicted molar refractivity (Wildman–Crippen MR) is 75.4 cm³/mol. The molecule has 0 unspecified atom stereocenters. The van der Waals surface area contributed by atoms with Crippen LogP contribution in [-0.4, -0.2) is 17.3 Å². The zero-order valence-electron chi connectivity index (χ0n) is 11.2. The van der Waals surface area contributed by atoms with Gasteiger partial charge in [0.2, 0.25) is 0 Å². The number of hydrogen-bond donors (Lipinski definition) is 1. The van der Waals surface area contributed by atoms with Crippen LogP contribution in [0, 0.1) is 0 Å². The number of ether oxygens (including phenoxy) is 1. The maximum absolute atomic E-state index is 10.0. The van der Waals surface area contributed by atoms with Crippen molar-refractivity contribution in [1.82, 2.24) is 0 Å². The Morgan fingerprint density at radius 1 is 1.28 bits per heavy atom. The van der Waals surface area contributed by atoms with Gasteiger partial charge in [-0.1, -0.05) is 62.6 Å². The van der Waals surface area contributed by atoms with Crippen LogP contribution in [0.1, 0.15) is 38.2 Å². The van der Waals surface area contributed by atoms with E-state index in [0.717, 1.165) is 31.2 Å². The maximum atomic E-state index is 10.0. The molecule has 2 nitrogen and oxygen atoms in total. The third-order valence-corrected chi connectivity index (χ3v) is 3.00. The molecule has 2 atom stereocenters. The summed E-state index contributed by atoms with van der Waals surface area (Å²) in [5, 5.41) is 10.0. The molecule has 0 aliphatic rings. The van der Waals surface area contributed by atoms with Crippen molar-refractivity contribution in [3.8, 4) is 0 Å². The van der Waals surface area contributed by atoms with Crippen LogP contribution < -0.4 is 0 Å². The highest BCUT2D eigenvalue weighted by molar-refractivity contribution is 5.13. The summed E-state index contributed by atoms with van der Waals surface area (Å²) in [6.07, 6.45) is 5.10. The molecule has 1 aromatic rings. The van der Waals surface area contributed by atoms with Gasteiger partial charge in [-0.3, -0.25) is 0 Å². The van der Waals surface area contributed by atoms with Crippen molar-refractivity contribution in [3.05, 3.63) is 48.6 Å². The molecule has 0 amide bonds. The predicted octanol–water partition coefficient (Wildman–Crippen LogP) is 3.70. The lowest BCUT2D eigenvalue weighted by molar-refractivity contribution is -0.0223. The fraction of sp³-hybridized carbons (Fsp3) is 0.500. The summed E-state index contributed by atoms with van der Waals surface area (Å²) < 4.78 is 5.70. The largest absolute Gasteiger partial charge is 0.390 e.